The van der Waals surface area contributed by atoms with Crippen LogP contribution < -0.4 is 5.32 Å². The molecule has 2 rings (SSSR count). The zero-order chi connectivity index (χ0) is 15.4. The quantitative estimate of drug-likeness (QED) is 0.586. The van der Waals surface area contributed by atoms with Crippen LogP contribution in [0.3, 0.4) is 0 Å². The molecule has 1 saturated heterocycles. The van der Waals surface area contributed by atoms with E-state index in [4.69, 9.17) is 9.47 Å². The van der Waals surface area contributed by atoms with Crippen molar-refractivity contribution in [1.82, 2.24) is 10.2 Å². The van der Waals surface area contributed by atoms with E-state index in [-0.39, 0.29) is 18.4 Å². The van der Waals surface area contributed by atoms with Crippen molar-refractivity contribution in [3.05, 3.63) is 0 Å². The third-order valence-electron chi connectivity index (χ3n) is 3.66. The fraction of sp³-hybridized carbons (Fsp3) is 0.786. The molecule has 2 aliphatic heterocycles. The van der Waals surface area contributed by atoms with Gasteiger partial charge in [0.15, 0.2) is 5.92 Å². The van der Waals surface area contributed by atoms with E-state index in [1.807, 2.05) is 18.7 Å². The van der Waals surface area contributed by atoms with E-state index < -0.39 is 17.9 Å². The fourth-order valence-corrected chi connectivity index (χ4v) is 2.54. The number of nitrogens with one attached hydrogen (secondary N) is 1. The molecule has 0 aliphatic carbocycles. The Balaban J connectivity index is 2.21. The minimum absolute atomic E-state index is 0.0708. The summed E-state index contributed by atoms with van der Waals surface area (Å²) >= 11 is 0. The van der Waals surface area contributed by atoms with Gasteiger partial charge in [0.2, 0.25) is 11.9 Å². The number of ether oxygens (including phenoxy) is 2. The Hall–Kier alpha value is -1.63. The van der Waals surface area contributed by atoms with Gasteiger partial charge in [0.25, 0.3) is 0 Å². The number of aliphatic imine (C=N–C) groups is 1. The highest BCUT2D eigenvalue weighted by Gasteiger charge is 2.42. The standard InChI is InChI=1S/C14H23N3O4/c1-4-21-13(19)10-11(9(2)3)15-14(16-12(10)18)17-5-7-20-8-6-17/h9-11H,4-8H2,1-3H3,(H,15,16,18)/t10-,11+/m1/s1. The molecule has 7 nitrogen and oxygen atoms in total. The van der Waals surface area contributed by atoms with Crippen molar-refractivity contribution in [3.8, 4) is 0 Å². The topological polar surface area (TPSA) is 80.2 Å². The van der Waals surface area contributed by atoms with Crippen LogP contribution in [0.25, 0.3) is 0 Å². The molecule has 2 heterocycles. The van der Waals surface area contributed by atoms with Gasteiger partial charge in [-0.2, -0.15) is 0 Å². The summed E-state index contributed by atoms with van der Waals surface area (Å²) in [5.74, 6) is -1.08. The van der Waals surface area contributed by atoms with Crippen LogP contribution in [-0.2, 0) is 19.1 Å². The molecule has 1 amide bonds. The molecule has 1 fully saturated rings. The monoisotopic (exact) mass is 297 g/mol. The molecule has 21 heavy (non-hydrogen) atoms. The Kier molecular flexibility index (Phi) is 5.17. The number of carbonyl (C=O) groups is 2. The lowest BCUT2D eigenvalue weighted by atomic mass is 9.89. The van der Waals surface area contributed by atoms with Crippen LogP contribution in [0.4, 0.5) is 0 Å². The smallest absolute Gasteiger partial charge is 0.320 e. The van der Waals surface area contributed by atoms with Gasteiger partial charge in [-0.3, -0.25) is 14.9 Å². The summed E-state index contributed by atoms with van der Waals surface area (Å²) in [5.41, 5.74) is 0. The maximum atomic E-state index is 12.3. The summed E-state index contributed by atoms with van der Waals surface area (Å²) in [6.45, 7) is 8.50. The van der Waals surface area contributed by atoms with Crippen LogP contribution in [0.1, 0.15) is 20.8 Å². The minimum Gasteiger partial charge on any atom is -0.465 e. The van der Waals surface area contributed by atoms with E-state index in [1.54, 1.807) is 6.92 Å². The number of carbonyl (C=O) groups excluding carboxylic acids is 2. The number of nitrogens with zero attached hydrogens (tertiary/aromatic N) is 2. The van der Waals surface area contributed by atoms with Crippen LogP contribution in [0, 0.1) is 11.8 Å². The van der Waals surface area contributed by atoms with Crippen LogP contribution in [-0.4, -0.2) is 61.7 Å². The summed E-state index contributed by atoms with van der Waals surface area (Å²) in [6.07, 6.45) is 0. The third-order valence-corrected chi connectivity index (χ3v) is 3.66. The zero-order valence-corrected chi connectivity index (χ0v) is 12.8. The molecule has 0 aromatic carbocycles. The van der Waals surface area contributed by atoms with Gasteiger partial charge in [-0.15, -0.1) is 0 Å². The van der Waals surface area contributed by atoms with Crippen molar-refractivity contribution in [2.45, 2.75) is 26.8 Å². The van der Waals surface area contributed by atoms with Crippen molar-refractivity contribution < 1.29 is 19.1 Å². The molecule has 1 N–H and O–H groups in total. The Bertz CT molecular complexity index is 430. The Morgan fingerprint density at radius 1 is 1.48 bits per heavy atom. The summed E-state index contributed by atoms with van der Waals surface area (Å²) in [6, 6.07) is -0.393. The van der Waals surface area contributed by atoms with Gasteiger partial charge in [-0.1, -0.05) is 13.8 Å². The number of guanidine groups is 1. The minimum atomic E-state index is -0.866. The number of esters is 1. The van der Waals surface area contributed by atoms with Crippen molar-refractivity contribution in [2.75, 3.05) is 32.9 Å². The number of hydrogen-bond acceptors (Lipinski definition) is 6. The Morgan fingerprint density at radius 3 is 2.71 bits per heavy atom. The van der Waals surface area contributed by atoms with Gasteiger partial charge >= 0.3 is 5.97 Å². The van der Waals surface area contributed by atoms with Crippen molar-refractivity contribution in [2.24, 2.45) is 16.8 Å². The summed E-state index contributed by atoms with van der Waals surface area (Å²) in [4.78, 5) is 30.9. The molecular formula is C14H23N3O4. The lowest BCUT2D eigenvalue weighted by molar-refractivity contribution is -0.153. The molecular weight excluding hydrogens is 274 g/mol. The fourth-order valence-electron chi connectivity index (χ4n) is 2.54. The third kappa shape index (κ3) is 3.53. The first kappa shape index (κ1) is 15.8. The maximum Gasteiger partial charge on any atom is 0.320 e. The molecule has 2 atom stereocenters. The van der Waals surface area contributed by atoms with E-state index in [1.165, 1.54) is 0 Å². The van der Waals surface area contributed by atoms with Gasteiger partial charge in [-0.25, -0.2) is 4.99 Å². The average Bonchev–Trinajstić information content (AvgIpc) is 2.47. The molecule has 0 aromatic heterocycles. The first-order chi connectivity index (χ1) is 10.0. The van der Waals surface area contributed by atoms with Gasteiger partial charge in [0.05, 0.1) is 25.9 Å². The van der Waals surface area contributed by atoms with Gasteiger partial charge in [0.1, 0.15) is 0 Å². The second kappa shape index (κ2) is 6.89. The van der Waals surface area contributed by atoms with E-state index in [2.05, 4.69) is 10.3 Å². The van der Waals surface area contributed by atoms with Crippen LogP contribution in [0.2, 0.25) is 0 Å². The molecule has 0 radical (unpaired) electrons. The summed E-state index contributed by atoms with van der Waals surface area (Å²) < 4.78 is 10.3. The van der Waals surface area contributed by atoms with Crippen LogP contribution in [0.15, 0.2) is 4.99 Å². The second-order valence-corrected chi connectivity index (χ2v) is 5.51. The predicted molar refractivity (Wildman–Crippen MR) is 76.7 cm³/mol. The normalized spacial score (nSPS) is 26.4. The van der Waals surface area contributed by atoms with Crippen LogP contribution in [0.5, 0.6) is 0 Å². The molecule has 0 unspecified atom stereocenters. The molecule has 0 saturated carbocycles. The van der Waals surface area contributed by atoms with Gasteiger partial charge in [-0.05, 0) is 12.8 Å². The average molecular weight is 297 g/mol. The van der Waals surface area contributed by atoms with E-state index in [9.17, 15) is 9.59 Å². The van der Waals surface area contributed by atoms with E-state index in [0.717, 1.165) is 0 Å². The molecule has 0 aromatic rings. The highest BCUT2D eigenvalue weighted by molar-refractivity contribution is 6.08. The first-order valence-corrected chi connectivity index (χ1v) is 7.42. The second-order valence-electron chi connectivity index (χ2n) is 5.51. The predicted octanol–water partition coefficient (Wildman–Crippen LogP) is 0.00830. The largest absolute Gasteiger partial charge is 0.465 e. The first-order valence-electron chi connectivity index (χ1n) is 7.42. The Labute approximate surface area is 124 Å². The van der Waals surface area contributed by atoms with Gasteiger partial charge < -0.3 is 14.4 Å². The molecule has 0 bridgehead atoms. The number of hydrogen-bond donors (Lipinski definition) is 1. The molecule has 118 valence electrons. The summed E-state index contributed by atoms with van der Waals surface area (Å²) in [7, 11) is 0. The number of rotatable bonds is 3. The summed E-state index contributed by atoms with van der Waals surface area (Å²) in [5, 5.41) is 2.74. The zero-order valence-electron chi connectivity index (χ0n) is 12.8. The molecule has 0 spiro atoms. The van der Waals surface area contributed by atoms with E-state index in [0.29, 0.717) is 32.3 Å². The van der Waals surface area contributed by atoms with Gasteiger partial charge in [0, 0.05) is 13.1 Å². The molecule has 2 aliphatic rings. The lowest BCUT2D eigenvalue weighted by Gasteiger charge is -2.36. The Morgan fingerprint density at radius 2 is 2.14 bits per heavy atom. The number of morpholine rings is 1. The highest BCUT2D eigenvalue weighted by atomic mass is 16.5. The molecule has 7 heteroatoms. The number of amides is 1. The van der Waals surface area contributed by atoms with Crippen molar-refractivity contribution in [3.63, 3.8) is 0 Å². The van der Waals surface area contributed by atoms with Crippen molar-refractivity contribution in [1.29, 1.82) is 0 Å². The van der Waals surface area contributed by atoms with Crippen LogP contribution >= 0.6 is 0 Å². The maximum absolute atomic E-state index is 12.3. The van der Waals surface area contributed by atoms with Crippen molar-refractivity contribution >= 4 is 17.8 Å². The lowest BCUT2D eigenvalue weighted by Crippen LogP contribution is -2.57. The van der Waals surface area contributed by atoms with E-state index >= 15 is 0 Å². The highest BCUT2D eigenvalue weighted by Crippen LogP contribution is 2.23. The SMILES string of the molecule is CCOC(=O)[C@H]1C(=O)NC(N2CCOCC2)=N[C@H]1C(C)C.